The lowest BCUT2D eigenvalue weighted by molar-refractivity contribution is 0.630. The van der Waals surface area contributed by atoms with Crippen molar-refractivity contribution in [1.29, 1.82) is 5.26 Å². The Morgan fingerprint density at radius 3 is 2.31 bits per heavy atom. The van der Waals surface area contributed by atoms with Crippen molar-refractivity contribution in [1.82, 2.24) is 13.9 Å². The van der Waals surface area contributed by atoms with Gasteiger partial charge in [-0.2, -0.15) is 5.26 Å². The molecule has 5 rings (SSSR count). The molecular weight excluding hydrogens is 522 g/mol. The highest BCUT2D eigenvalue weighted by molar-refractivity contribution is 9.10. The molecular formula is C27H20BrN5OS. The number of aromatic nitrogens is 3. The minimum atomic E-state index is -0.137. The van der Waals surface area contributed by atoms with Gasteiger partial charge in [0.1, 0.15) is 5.69 Å². The highest BCUT2D eigenvalue weighted by Gasteiger charge is 2.22. The van der Waals surface area contributed by atoms with Crippen molar-refractivity contribution in [2.75, 3.05) is 0 Å². The van der Waals surface area contributed by atoms with E-state index in [1.54, 1.807) is 16.8 Å². The van der Waals surface area contributed by atoms with E-state index in [4.69, 9.17) is 4.99 Å². The average Bonchev–Trinajstić information content (AvgIpc) is 3.38. The molecule has 0 aliphatic carbocycles. The number of rotatable bonds is 4. The minimum absolute atomic E-state index is 0.137. The van der Waals surface area contributed by atoms with Crippen LogP contribution in [0, 0.1) is 18.3 Å². The summed E-state index contributed by atoms with van der Waals surface area (Å²) in [5.41, 5.74) is 5.09. The first-order valence-corrected chi connectivity index (χ1v) is 12.5. The van der Waals surface area contributed by atoms with Gasteiger partial charge in [-0.1, -0.05) is 46.3 Å². The first kappa shape index (κ1) is 22.8. The fourth-order valence-electron chi connectivity index (χ4n) is 3.96. The zero-order valence-electron chi connectivity index (χ0n) is 19.0. The second-order valence-corrected chi connectivity index (χ2v) is 9.68. The fraction of sp³-hybridized carbons (Fsp3) is 0.0741. The fourth-order valence-corrected chi connectivity index (χ4v) is 5.14. The van der Waals surface area contributed by atoms with Gasteiger partial charge in [-0.3, -0.25) is 14.0 Å². The highest BCUT2D eigenvalue weighted by atomic mass is 79.9. The van der Waals surface area contributed by atoms with Crippen molar-refractivity contribution in [3.05, 3.63) is 115 Å². The molecule has 0 fully saturated rings. The van der Waals surface area contributed by atoms with E-state index in [-0.39, 0.29) is 5.56 Å². The van der Waals surface area contributed by atoms with Gasteiger partial charge in [0.2, 0.25) is 0 Å². The lowest BCUT2D eigenvalue weighted by Gasteiger charge is -2.08. The van der Waals surface area contributed by atoms with Crippen molar-refractivity contribution in [3.8, 4) is 28.7 Å². The molecule has 0 unspecified atom stereocenters. The third-order valence-corrected chi connectivity index (χ3v) is 7.17. The van der Waals surface area contributed by atoms with E-state index >= 15 is 0 Å². The maximum Gasteiger partial charge on any atom is 0.296 e. The van der Waals surface area contributed by atoms with Gasteiger partial charge in [-0.05, 0) is 61.0 Å². The van der Waals surface area contributed by atoms with Crippen LogP contribution >= 0.6 is 27.3 Å². The molecule has 0 spiro atoms. The van der Waals surface area contributed by atoms with Crippen molar-refractivity contribution in [2.24, 2.45) is 12.0 Å². The van der Waals surface area contributed by atoms with E-state index in [0.29, 0.717) is 16.1 Å². The second kappa shape index (κ2) is 9.37. The first-order valence-electron chi connectivity index (χ1n) is 10.8. The number of hydrogen-bond acceptors (Lipinski definition) is 4. The number of nitriles is 1. The standard InChI is InChI=1S/C27H20BrN5OS/c1-18-25(26(34)33(31(18)2)23-6-4-3-5-7-23)32-24(20-10-8-19(16-29)9-11-20)17-35-27(32)30-22-14-12-21(28)13-15-22/h3-15,17H,1-2H3. The third kappa shape index (κ3) is 4.20. The smallest absolute Gasteiger partial charge is 0.283 e. The number of nitrogens with zero attached hydrogens (tertiary/aromatic N) is 5. The molecule has 0 N–H and O–H groups in total. The number of thiazole rings is 1. The normalized spacial score (nSPS) is 11.5. The summed E-state index contributed by atoms with van der Waals surface area (Å²) in [5.74, 6) is 0. The molecule has 0 aliphatic rings. The maximum absolute atomic E-state index is 13.9. The number of benzene rings is 3. The number of para-hydroxylation sites is 1. The molecule has 35 heavy (non-hydrogen) atoms. The van der Waals surface area contributed by atoms with Gasteiger partial charge < -0.3 is 0 Å². The average molecular weight is 542 g/mol. The molecule has 172 valence electrons. The highest BCUT2D eigenvalue weighted by Crippen LogP contribution is 2.26. The zero-order chi connectivity index (χ0) is 24.5. The molecule has 2 aromatic heterocycles. The largest absolute Gasteiger partial charge is 0.296 e. The molecule has 0 amide bonds. The SMILES string of the molecule is Cc1c(-n2c(-c3ccc(C#N)cc3)csc2=Nc2ccc(Br)cc2)c(=O)n(-c2ccccc2)n1C. The van der Waals surface area contributed by atoms with Gasteiger partial charge in [0, 0.05) is 16.9 Å². The predicted octanol–water partition coefficient (Wildman–Crippen LogP) is 5.87. The molecule has 0 radical (unpaired) electrons. The Morgan fingerprint density at radius 2 is 1.66 bits per heavy atom. The lowest BCUT2D eigenvalue weighted by Crippen LogP contribution is -2.24. The minimum Gasteiger partial charge on any atom is -0.283 e. The van der Waals surface area contributed by atoms with Crippen LogP contribution in [-0.4, -0.2) is 13.9 Å². The Morgan fingerprint density at radius 1 is 0.971 bits per heavy atom. The monoisotopic (exact) mass is 541 g/mol. The third-order valence-electron chi connectivity index (χ3n) is 5.82. The Kier molecular flexibility index (Phi) is 6.12. The van der Waals surface area contributed by atoms with Crippen LogP contribution in [0.15, 0.2) is 98.5 Å². The van der Waals surface area contributed by atoms with Crippen LogP contribution in [0.5, 0.6) is 0 Å². The Bertz CT molecular complexity index is 1680. The topological polar surface area (TPSA) is 68.0 Å². The number of halogens is 1. The molecule has 0 aliphatic heterocycles. The molecule has 8 heteroatoms. The predicted molar refractivity (Wildman–Crippen MR) is 142 cm³/mol. The van der Waals surface area contributed by atoms with E-state index in [9.17, 15) is 10.1 Å². The van der Waals surface area contributed by atoms with Gasteiger partial charge in [0.25, 0.3) is 5.56 Å². The van der Waals surface area contributed by atoms with Crippen molar-refractivity contribution in [2.45, 2.75) is 6.92 Å². The van der Waals surface area contributed by atoms with Gasteiger partial charge >= 0.3 is 0 Å². The second-order valence-electron chi connectivity index (χ2n) is 7.93. The van der Waals surface area contributed by atoms with Crippen LogP contribution < -0.4 is 10.4 Å². The Balaban J connectivity index is 1.81. The zero-order valence-corrected chi connectivity index (χ0v) is 21.4. The molecule has 5 aromatic rings. The molecule has 0 bridgehead atoms. The quantitative estimate of drug-likeness (QED) is 0.285. The summed E-state index contributed by atoms with van der Waals surface area (Å²) < 4.78 is 6.43. The van der Waals surface area contributed by atoms with Crippen LogP contribution in [0.2, 0.25) is 0 Å². The number of hydrogen-bond donors (Lipinski definition) is 0. The van der Waals surface area contributed by atoms with E-state index in [1.807, 2.05) is 95.3 Å². The van der Waals surface area contributed by atoms with E-state index in [0.717, 1.165) is 32.8 Å². The van der Waals surface area contributed by atoms with E-state index in [2.05, 4.69) is 22.0 Å². The summed E-state index contributed by atoms with van der Waals surface area (Å²) in [6.45, 7) is 1.94. The molecule has 2 heterocycles. The van der Waals surface area contributed by atoms with Crippen LogP contribution in [0.3, 0.4) is 0 Å². The van der Waals surface area contributed by atoms with E-state index < -0.39 is 0 Å². The van der Waals surface area contributed by atoms with Crippen molar-refractivity contribution in [3.63, 3.8) is 0 Å². The molecule has 0 saturated carbocycles. The van der Waals surface area contributed by atoms with Crippen LogP contribution in [0.4, 0.5) is 5.69 Å². The first-order chi connectivity index (χ1) is 17.0. The molecule has 6 nitrogen and oxygen atoms in total. The molecule has 0 atom stereocenters. The summed E-state index contributed by atoms with van der Waals surface area (Å²) in [4.78, 5) is 19.4. The van der Waals surface area contributed by atoms with Gasteiger partial charge in [0.15, 0.2) is 4.80 Å². The van der Waals surface area contributed by atoms with Crippen molar-refractivity contribution >= 4 is 33.0 Å². The van der Waals surface area contributed by atoms with Gasteiger partial charge in [0.05, 0.1) is 34.4 Å². The van der Waals surface area contributed by atoms with E-state index in [1.165, 1.54) is 11.3 Å². The summed E-state index contributed by atoms with van der Waals surface area (Å²) >= 11 is 4.93. The van der Waals surface area contributed by atoms with Crippen LogP contribution in [-0.2, 0) is 7.05 Å². The molecule has 0 saturated heterocycles. The van der Waals surface area contributed by atoms with Crippen LogP contribution in [0.1, 0.15) is 11.3 Å². The lowest BCUT2D eigenvalue weighted by atomic mass is 10.1. The maximum atomic E-state index is 13.9. The van der Waals surface area contributed by atoms with Gasteiger partial charge in [-0.25, -0.2) is 9.67 Å². The summed E-state index contributed by atoms with van der Waals surface area (Å²) in [6, 6.07) is 26.8. The van der Waals surface area contributed by atoms with Gasteiger partial charge in [-0.15, -0.1) is 11.3 Å². The van der Waals surface area contributed by atoms with Crippen LogP contribution in [0.25, 0.3) is 22.6 Å². The summed E-state index contributed by atoms with van der Waals surface area (Å²) in [5, 5.41) is 11.2. The summed E-state index contributed by atoms with van der Waals surface area (Å²) in [7, 11) is 1.88. The molecule has 3 aromatic carbocycles. The van der Waals surface area contributed by atoms with Crippen molar-refractivity contribution < 1.29 is 0 Å². The Hall–Kier alpha value is -3.93. The Labute approximate surface area is 214 Å². The summed E-state index contributed by atoms with van der Waals surface area (Å²) in [6.07, 6.45) is 0.